The Morgan fingerprint density at radius 1 is 1.15 bits per heavy atom. The highest BCUT2D eigenvalue weighted by atomic mass is 19.1. The molecule has 0 saturated heterocycles. The number of hydrogen-bond donors (Lipinski definition) is 1. The molecular formula is C20H15FN2O3. The zero-order valence-electron chi connectivity index (χ0n) is 13.7. The fraction of sp³-hybridized carbons (Fsp3) is 0.200. The van der Waals surface area contributed by atoms with E-state index in [1.54, 1.807) is 6.07 Å². The average molecular weight is 350 g/mol. The fourth-order valence-corrected chi connectivity index (χ4v) is 3.58. The number of aromatic nitrogens is 1. The summed E-state index contributed by atoms with van der Waals surface area (Å²) in [6.07, 6.45) is -0.193. The van der Waals surface area contributed by atoms with Gasteiger partial charge in [-0.1, -0.05) is 35.5 Å². The van der Waals surface area contributed by atoms with Gasteiger partial charge in [-0.15, -0.1) is 0 Å². The molecule has 2 aliphatic rings. The third kappa shape index (κ3) is 2.45. The van der Waals surface area contributed by atoms with E-state index in [-0.39, 0.29) is 36.2 Å². The summed E-state index contributed by atoms with van der Waals surface area (Å²) in [6, 6.07) is 15.9. The van der Waals surface area contributed by atoms with E-state index in [0.717, 1.165) is 16.8 Å². The maximum atomic E-state index is 13.4. The smallest absolute Gasteiger partial charge is 0.228 e. The van der Waals surface area contributed by atoms with Crippen LogP contribution in [0, 0.1) is 11.7 Å². The lowest BCUT2D eigenvalue weighted by Crippen LogP contribution is -2.27. The second kappa shape index (κ2) is 5.69. The van der Waals surface area contributed by atoms with Gasteiger partial charge in [0.15, 0.2) is 5.76 Å². The third-order valence-corrected chi connectivity index (χ3v) is 4.92. The van der Waals surface area contributed by atoms with Gasteiger partial charge in [-0.25, -0.2) is 4.39 Å². The number of carbonyl (C=O) groups is 1. The van der Waals surface area contributed by atoms with E-state index in [1.807, 2.05) is 36.4 Å². The fourth-order valence-electron chi connectivity index (χ4n) is 3.58. The molecule has 3 aromatic rings. The topological polar surface area (TPSA) is 64.4 Å². The van der Waals surface area contributed by atoms with Crippen LogP contribution in [-0.4, -0.2) is 17.2 Å². The zero-order chi connectivity index (χ0) is 17.7. The molecule has 26 heavy (non-hydrogen) atoms. The average Bonchev–Trinajstić information content (AvgIpc) is 3.01. The molecule has 1 aliphatic heterocycles. The van der Waals surface area contributed by atoms with Crippen LogP contribution in [0.25, 0.3) is 11.3 Å². The Hall–Kier alpha value is -3.15. The highest BCUT2D eigenvalue weighted by Gasteiger charge is 2.62. The van der Waals surface area contributed by atoms with E-state index in [1.165, 1.54) is 12.1 Å². The van der Waals surface area contributed by atoms with E-state index < -0.39 is 0 Å². The molecule has 1 fully saturated rings. The standard InChI is InChI=1S/C20H15FN2O3/c21-12-6-7-16-14(8-12)17-18(19(17)25-16)20(24)22-10-13-9-15(23-26-13)11-4-2-1-3-5-11/h1-9,17-19H,10H2,(H,22,24). The van der Waals surface area contributed by atoms with Crippen LogP contribution in [0.1, 0.15) is 17.2 Å². The van der Waals surface area contributed by atoms with Crippen LogP contribution in [0.15, 0.2) is 59.1 Å². The lowest BCUT2D eigenvalue weighted by molar-refractivity contribution is -0.123. The van der Waals surface area contributed by atoms with E-state index in [9.17, 15) is 9.18 Å². The number of ether oxygens (including phenoxy) is 1. The summed E-state index contributed by atoms with van der Waals surface area (Å²) in [5.41, 5.74) is 2.46. The van der Waals surface area contributed by atoms with Crippen molar-refractivity contribution in [3.8, 4) is 17.0 Å². The van der Waals surface area contributed by atoms with E-state index in [2.05, 4.69) is 10.5 Å². The molecule has 1 aliphatic carbocycles. The SMILES string of the molecule is O=C(NCc1cc(-c2ccccc2)no1)C1C2Oc3ccc(F)cc3C21. The second-order valence-electron chi connectivity index (χ2n) is 6.58. The number of carbonyl (C=O) groups excluding carboxylic acids is 1. The van der Waals surface area contributed by atoms with E-state index in [4.69, 9.17) is 9.26 Å². The van der Waals surface area contributed by atoms with Crippen molar-refractivity contribution in [3.63, 3.8) is 0 Å². The Kier molecular flexibility index (Phi) is 3.31. The third-order valence-electron chi connectivity index (χ3n) is 4.92. The van der Waals surface area contributed by atoms with Crippen molar-refractivity contribution in [3.05, 3.63) is 71.7 Å². The summed E-state index contributed by atoms with van der Waals surface area (Å²) in [7, 11) is 0. The molecular weight excluding hydrogens is 335 g/mol. The van der Waals surface area contributed by atoms with Crippen LogP contribution in [0.5, 0.6) is 5.75 Å². The highest BCUT2D eigenvalue weighted by molar-refractivity contribution is 5.85. The molecule has 5 rings (SSSR count). The summed E-state index contributed by atoms with van der Waals surface area (Å²) < 4.78 is 24.4. The van der Waals surface area contributed by atoms with Crippen LogP contribution >= 0.6 is 0 Å². The van der Waals surface area contributed by atoms with Gasteiger partial charge in [-0.05, 0) is 18.2 Å². The van der Waals surface area contributed by atoms with Gasteiger partial charge in [-0.2, -0.15) is 0 Å². The number of rotatable bonds is 4. The second-order valence-corrected chi connectivity index (χ2v) is 6.58. The van der Waals surface area contributed by atoms with Crippen LogP contribution in [-0.2, 0) is 11.3 Å². The minimum absolute atomic E-state index is 0.0599. The molecule has 2 aromatic carbocycles. The van der Waals surface area contributed by atoms with Crippen LogP contribution in [0.4, 0.5) is 4.39 Å². The Balaban J connectivity index is 1.23. The summed E-state index contributed by atoms with van der Waals surface area (Å²) in [6.45, 7) is 0.255. The van der Waals surface area contributed by atoms with Crippen molar-refractivity contribution in [2.24, 2.45) is 5.92 Å². The Labute approximate surface area is 148 Å². The molecule has 0 radical (unpaired) electrons. The van der Waals surface area contributed by atoms with Crippen molar-refractivity contribution in [1.82, 2.24) is 10.5 Å². The van der Waals surface area contributed by atoms with Gasteiger partial charge in [-0.3, -0.25) is 4.79 Å². The Morgan fingerprint density at radius 3 is 2.85 bits per heavy atom. The monoisotopic (exact) mass is 350 g/mol. The van der Waals surface area contributed by atoms with Gasteiger partial charge in [0.05, 0.1) is 12.5 Å². The number of nitrogens with one attached hydrogen (secondary N) is 1. The predicted octanol–water partition coefficient (Wildman–Crippen LogP) is 3.27. The number of halogens is 1. The molecule has 3 atom stereocenters. The summed E-state index contributed by atoms with van der Waals surface area (Å²) in [5.74, 6) is 0.487. The first-order valence-electron chi connectivity index (χ1n) is 8.45. The van der Waals surface area contributed by atoms with Crippen molar-refractivity contribution < 1.29 is 18.4 Å². The highest BCUT2D eigenvalue weighted by Crippen LogP contribution is 2.58. The summed E-state index contributed by atoms with van der Waals surface area (Å²) in [4.78, 5) is 12.4. The maximum absolute atomic E-state index is 13.4. The van der Waals surface area contributed by atoms with Crippen molar-refractivity contribution in [1.29, 1.82) is 0 Å². The molecule has 0 bridgehead atoms. The minimum atomic E-state index is -0.311. The Bertz CT molecular complexity index is 986. The number of fused-ring (bicyclic) bond motifs is 3. The molecule has 6 heteroatoms. The van der Waals surface area contributed by atoms with E-state index in [0.29, 0.717) is 11.5 Å². The minimum Gasteiger partial charge on any atom is -0.489 e. The normalized spacial score (nSPS) is 22.3. The molecule has 0 spiro atoms. The quantitative estimate of drug-likeness (QED) is 0.784. The van der Waals surface area contributed by atoms with Crippen molar-refractivity contribution >= 4 is 5.91 Å². The van der Waals surface area contributed by atoms with Crippen molar-refractivity contribution in [2.45, 2.75) is 18.6 Å². The number of hydrogen-bond acceptors (Lipinski definition) is 4. The number of amides is 1. The van der Waals surface area contributed by atoms with Crippen LogP contribution in [0.2, 0.25) is 0 Å². The van der Waals surface area contributed by atoms with Gasteiger partial charge in [0.1, 0.15) is 23.4 Å². The zero-order valence-corrected chi connectivity index (χ0v) is 13.7. The largest absolute Gasteiger partial charge is 0.489 e. The van der Waals surface area contributed by atoms with Crippen molar-refractivity contribution in [2.75, 3.05) is 0 Å². The number of benzene rings is 2. The first-order valence-corrected chi connectivity index (χ1v) is 8.45. The van der Waals surface area contributed by atoms with Gasteiger partial charge in [0.2, 0.25) is 5.91 Å². The van der Waals surface area contributed by atoms with Gasteiger partial charge in [0, 0.05) is 23.1 Å². The molecule has 5 nitrogen and oxygen atoms in total. The van der Waals surface area contributed by atoms with Crippen LogP contribution < -0.4 is 10.1 Å². The predicted molar refractivity (Wildman–Crippen MR) is 90.8 cm³/mol. The molecule has 3 unspecified atom stereocenters. The lowest BCUT2D eigenvalue weighted by atomic mass is 10.1. The number of nitrogens with zero attached hydrogens (tertiary/aromatic N) is 1. The maximum Gasteiger partial charge on any atom is 0.228 e. The molecule has 1 N–H and O–H groups in total. The summed E-state index contributed by atoms with van der Waals surface area (Å²) in [5, 5.41) is 6.88. The first-order chi connectivity index (χ1) is 12.7. The van der Waals surface area contributed by atoms with Gasteiger partial charge in [0.25, 0.3) is 0 Å². The lowest BCUT2D eigenvalue weighted by Gasteiger charge is -2.08. The summed E-state index contributed by atoms with van der Waals surface area (Å²) >= 11 is 0. The van der Waals surface area contributed by atoms with Gasteiger partial charge >= 0.3 is 0 Å². The Morgan fingerprint density at radius 2 is 2.00 bits per heavy atom. The molecule has 1 saturated carbocycles. The molecule has 1 aromatic heterocycles. The molecule has 130 valence electrons. The van der Waals surface area contributed by atoms with E-state index >= 15 is 0 Å². The van der Waals surface area contributed by atoms with Crippen LogP contribution in [0.3, 0.4) is 0 Å². The molecule has 2 heterocycles. The van der Waals surface area contributed by atoms with Gasteiger partial charge < -0.3 is 14.6 Å². The molecule has 1 amide bonds. The first kappa shape index (κ1) is 15.1.